The molecule has 1 N–H and O–H groups in total. The van der Waals surface area contributed by atoms with E-state index in [4.69, 9.17) is 9.15 Å². The molecule has 0 saturated carbocycles. The van der Waals surface area contributed by atoms with E-state index in [1.807, 2.05) is 12.1 Å². The molecule has 29 heavy (non-hydrogen) atoms. The summed E-state index contributed by atoms with van der Waals surface area (Å²) in [6, 6.07) is 14.8. The fourth-order valence-corrected chi connectivity index (χ4v) is 2.95. The van der Waals surface area contributed by atoms with Crippen LogP contribution in [0.1, 0.15) is 22.5 Å². The number of aryl methyl sites for hydroxylation is 1. The SMILES string of the molecule is COc1ccc(C(=CCc2c(O)cc(C)oc2=O)c2ccc([N+](=O)[O-])cc2)cc1. The van der Waals surface area contributed by atoms with Gasteiger partial charge in [0.2, 0.25) is 0 Å². The molecule has 7 heteroatoms. The van der Waals surface area contributed by atoms with Gasteiger partial charge in [-0.15, -0.1) is 0 Å². The quantitative estimate of drug-likeness (QED) is 0.496. The van der Waals surface area contributed by atoms with Crippen LogP contribution in [0.3, 0.4) is 0 Å². The molecule has 0 amide bonds. The van der Waals surface area contributed by atoms with Gasteiger partial charge in [-0.1, -0.05) is 18.2 Å². The minimum atomic E-state index is -0.600. The predicted octanol–water partition coefficient (Wildman–Crippen LogP) is 4.25. The number of ether oxygens (including phenoxy) is 1. The van der Waals surface area contributed by atoms with Crippen LogP contribution in [-0.4, -0.2) is 17.1 Å². The molecule has 0 aliphatic carbocycles. The second-order valence-electron chi connectivity index (χ2n) is 6.36. The first kappa shape index (κ1) is 19.9. The lowest BCUT2D eigenvalue weighted by atomic mass is 9.95. The van der Waals surface area contributed by atoms with E-state index in [0.717, 1.165) is 16.7 Å². The van der Waals surface area contributed by atoms with Crippen LogP contribution >= 0.6 is 0 Å². The average molecular weight is 393 g/mol. The van der Waals surface area contributed by atoms with Gasteiger partial charge in [0.05, 0.1) is 17.6 Å². The van der Waals surface area contributed by atoms with Crippen molar-refractivity contribution >= 4 is 11.3 Å². The van der Waals surface area contributed by atoms with E-state index in [0.29, 0.717) is 11.5 Å². The highest BCUT2D eigenvalue weighted by Crippen LogP contribution is 2.28. The number of nitrogens with zero attached hydrogens (tertiary/aromatic N) is 1. The molecular weight excluding hydrogens is 374 g/mol. The first-order valence-corrected chi connectivity index (χ1v) is 8.81. The molecule has 0 atom stereocenters. The summed E-state index contributed by atoms with van der Waals surface area (Å²) in [5.74, 6) is 0.882. The highest BCUT2D eigenvalue weighted by Gasteiger charge is 2.12. The largest absolute Gasteiger partial charge is 0.507 e. The Bertz CT molecular complexity index is 1110. The normalized spacial score (nSPS) is 11.3. The molecule has 0 radical (unpaired) electrons. The lowest BCUT2D eigenvalue weighted by molar-refractivity contribution is -0.384. The third kappa shape index (κ3) is 4.52. The Kier molecular flexibility index (Phi) is 5.78. The average Bonchev–Trinajstić information content (AvgIpc) is 2.70. The van der Waals surface area contributed by atoms with Gasteiger partial charge in [0, 0.05) is 24.6 Å². The number of non-ortho nitro benzene ring substituents is 1. The molecule has 0 unspecified atom stereocenters. The Morgan fingerprint density at radius 2 is 1.72 bits per heavy atom. The fraction of sp³-hybridized carbons (Fsp3) is 0.136. The summed E-state index contributed by atoms with van der Waals surface area (Å²) < 4.78 is 10.3. The van der Waals surface area contributed by atoms with Crippen molar-refractivity contribution in [1.82, 2.24) is 0 Å². The van der Waals surface area contributed by atoms with Gasteiger partial charge in [0.15, 0.2) is 0 Å². The van der Waals surface area contributed by atoms with Gasteiger partial charge in [-0.2, -0.15) is 0 Å². The zero-order chi connectivity index (χ0) is 21.0. The van der Waals surface area contributed by atoms with Crippen molar-refractivity contribution in [3.05, 3.63) is 104 Å². The predicted molar refractivity (Wildman–Crippen MR) is 108 cm³/mol. The Labute approximate surface area is 166 Å². The molecule has 1 heterocycles. The summed E-state index contributed by atoms with van der Waals surface area (Å²) in [6.07, 6.45) is 1.91. The van der Waals surface area contributed by atoms with Crippen LogP contribution in [0.25, 0.3) is 5.57 Å². The minimum absolute atomic E-state index is 0.0142. The van der Waals surface area contributed by atoms with Gasteiger partial charge < -0.3 is 14.3 Å². The standard InChI is InChI=1S/C22H19NO6/c1-14-13-21(24)20(22(25)29-14)12-11-19(16-5-9-18(28-2)10-6-16)15-3-7-17(8-4-15)23(26)27/h3-11,13,24H,12H2,1-2H3. The van der Waals surface area contributed by atoms with Gasteiger partial charge >= 0.3 is 5.63 Å². The summed E-state index contributed by atoms with van der Waals surface area (Å²) in [5.41, 5.74) is 1.84. The van der Waals surface area contributed by atoms with E-state index < -0.39 is 10.5 Å². The molecule has 148 valence electrons. The summed E-state index contributed by atoms with van der Waals surface area (Å²) in [7, 11) is 1.57. The zero-order valence-corrected chi connectivity index (χ0v) is 15.9. The van der Waals surface area contributed by atoms with Crippen LogP contribution < -0.4 is 10.4 Å². The molecule has 0 aliphatic heterocycles. The number of rotatable bonds is 6. The number of hydrogen-bond acceptors (Lipinski definition) is 6. The number of hydrogen-bond donors (Lipinski definition) is 1. The molecule has 3 rings (SSSR count). The smallest absolute Gasteiger partial charge is 0.343 e. The molecule has 0 bridgehead atoms. The second kappa shape index (κ2) is 8.43. The molecule has 1 aromatic heterocycles. The van der Waals surface area contributed by atoms with E-state index in [2.05, 4.69) is 0 Å². The van der Waals surface area contributed by atoms with Gasteiger partial charge in [-0.05, 0) is 47.9 Å². The molecule has 0 saturated heterocycles. The number of nitro groups is 1. The van der Waals surface area contributed by atoms with Crippen LogP contribution in [0.4, 0.5) is 5.69 Å². The van der Waals surface area contributed by atoms with Crippen LogP contribution in [0.5, 0.6) is 11.5 Å². The highest BCUT2D eigenvalue weighted by molar-refractivity contribution is 5.80. The molecule has 2 aromatic carbocycles. The van der Waals surface area contributed by atoms with Crippen LogP contribution in [-0.2, 0) is 6.42 Å². The van der Waals surface area contributed by atoms with Gasteiger partial charge in [-0.25, -0.2) is 4.79 Å². The van der Waals surface area contributed by atoms with Crippen LogP contribution in [0, 0.1) is 17.0 Å². The second-order valence-corrected chi connectivity index (χ2v) is 6.36. The third-order valence-corrected chi connectivity index (χ3v) is 4.45. The van der Waals surface area contributed by atoms with Crippen LogP contribution in [0.15, 0.2) is 69.9 Å². The Morgan fingerprint density at radius 3 is 2.24 bits per heavy atom. The summed E-state index contributed by atoms with van der Waals surface area (Å²) in [6.45, 7) is 1.58. The van der Waals surface area contributed by atoms with E-state index in [-0.39, 0.29) is 23.4 Å². The lowest BCUT2D eigenvalue weighted by Gasteiger charge is -2.10. The number of nitro benzene ring substituents is 1. The summed E-state index contributed by atoms with van der Waals surface area (Å²) >= 11 is 0. The molecule has 0 aliphatic rings. The monoisotopic (exact) mass is 393 g/mol. The summed E-state index contributed by atoms with van der Waals surface area (Å²) in [4.78, 5) is 22.6. The number of aromatic hydroxyl groups is 1. The Morgan fingerprint density at radius 1 is 1.14 bits per heavy atom. The van der Waals surface area contributed by atoms with E-state index in [1.54, 1.807) is 44.4 Å². The third-order valence-electron chi connectivity index (χ3n) is 4.45. The topological polar surface area (TPSA) is 103 Å². The Balaban J connectivity index is 2.05. The van der Waals surface area contributed by atoms with Crippen molar-refractivity contribution in [3.63, 3.8) is 0 Å². The van der Waals surface area contributed by atoms with Crippen molar-refractivity contribution in [2.45, 2.75) is 13.3 Å². The zero-order valence-electron chi connectivity index (χ0n) is 15.9. The van der Waals surface area contributed by atoms with Crippen molar-refractivity contribution in [2.24, 2.45) is 0 Å². The van der Waals surface area contributed by atoms with E-state index in [9.17, 15) is 20.0 Å². The molecular formula is C22H19NO6. The van der Waals surface area contributed by atoms with Crippen molar-refractivity contribution in [2.75, 3.05) is 7.11 Å². The maximum atomic E-state index is 12.1. The maximum absolute atomic E-state index is 12.1. The van der Waals surface area contributed by atoms with Crippen molar-refractivity contribution in [3.8, 4) is 11.5 Å². The van der Waals surface area contributed by atoms with Gasteiger partial charge in [0.1, 0.15) is 17.3 Å². The Hall–Kier alpha value is -3.87. The fourth-order valence-electron chi connectivity index (χ4n) is 2.95. The van der Waals surface area contributed by atoms with Gasteiger partial charge in [-0.3, -0.25) is 10.1 Å². The first-order valence-electron chi connectivity index (χ1n) is 8.81. The van der Waals surface area contributed by atoms with E-state index in [1.165, 1.54) is 18.2 Å². The molecule has 0 spiro atoms. The van der Waals surface area contributed by atoms with Gasteiger partial charge in [0.25, 0.3) is 5.69 Å². The molecule has 3 aromatic rings. The highest BCUT2D eigenvalue weighted by atomic mass is 16.6. The van der Waals surface area contributed by atoms with E-state index >= 15 is 0 Å². The number of allylic oxidation sites excluding steroid dienone is 1. The number of benzene rings is 2. The van der Waals surface area contributed by atoms with Crippen molar-refractivity contribution in [1.29, 1.82) is 0 Å². The molecule has 7 nitrogen and oxygen atoms in total. The summed E-state index contributed by atoms with van der Waals surface area (Å²) in [5, 5.41) is 21.1. The minimum Gasteiger partial charge on any atom is -0.507 e. The number of methoxy groups -OCH3 is 1. The molecule has 0 fully saturated rings. The lowest BCUT2D eigenvalue weighted by Crippen LogP contribution is -2.07. The van der Waals surface area contributed by atoms with Crippen molar-refractivity contribution < 1.29 is 19.2 Å². The first-order chi connectivity index (χ1) is 13.9. The van der Waals surface area contributed by atoms with Crippen LogP contribution in [0.2, 0.25) is 0 Å². The maximum Gasteiger partial charge on any atom is 0.343 e.